The van der Waals surface area contributed by atoms with Crippen molar-refractivity contribution in [3.63, 3.8) is 0 Å². The Morgan fingerprint density at radius 1 is 1.26 bits per heavy atom. The summed E-state index contributed by atoms with van der Waals surface area (Å²) in [5.74, 6) is 0.314. The summed E-state index contributed by atoms with van der Waals surface area (Å²) in [5.41, 5.74) is 1.74. The summed E-state index contributed by atoms with van der Waals surface area (Å²) in [7, 11) is 0. The quantitative estimate of drug-likeness (QED) is 0.682. The molecule has 9 heteroatoms. The number of aliphatic hydroxyl groups excluding tert-OH is 1. The van der Waals surface area contributed by atoms with Gasteiger partial charge in [0.05, 0.1) is 35.0 Å². The number of benzene rings is 1. The molecule has 3 heterocycles. The molecule has 0 radical (unpaired) electrons. The van der Waals surface area contributed by atoms with Gasteiger partial charge in [-0.25, -0.2) is 9.97 Å². The van der Waals surface area contributed by atoms with Crippen LogP contribution in [0.25, 0.3) is 16.9 Å². The van der Waals surface area contributed by atoms with Crippen LogP contribution >= 0.6 is 15.9 Å². The lowest BCUT2D eigenvalue weighted by molar-refractivity contribution is 0.0303. The first-order valence-electron chi connectivity index (χ1n) is 8.60. The second-order valence-corrected chi connectivity index (χ2v) is 7.23. The van der Waals surface area contributed by atoms with Crippen molar-refractivity contribution < 1.29 is 14.6 Å². The van der Waals surface area contributed by atoms with E-state index in [0.29, 0.717) is 49.0 Å². The van der Waals surface area contributed by atoms with Gasteiger partial charge in [-0.3, -0.25) is 4.79 Å². The Bertz CT molecular complexity index is 981. The number of fused-ring (bicyclic) bond motifs is 1. The monoisotopic (exact) mass is 431 g/mol. The number of amides is 1. The first-order valence-corrected chi connectivity index (χ1v) is 9.39. The van der Waals surface area contributed by atoms with E-state index in [4.69, 9.17) is 4.74 Å². The Hall–Kier alpha value is -2.36. The number of hydrogen-bond donors (Lipinski definition) is 1. The third kappa shape index (κ3) is 3.45. The molecule has 2 aromatic heterocycles. The van der Waals surface area contributed by atoms with Crippen molar-refractivity contribution in [3.05, 3.63) is 46.3 Å². The van der Waals surface area contributed by atoms with Crippen LogP contribution in [0, 0.1) is 0 Å². The smallest absolute Gasteiger partial charge is 0.254 e. The van der Waals surface area contributed by atoms with Gasteiger partial charge >= 0.3 is 0 Å². The molecule has 1 aliphatic heterocycles. The van der Waals surface area contributed by atoms with Crippen molar-refractivity contribution in [1.82, 2.24) is 24.6 Å². The minimum absolute atomic E-state index is 0.0525. The minimum Gasteiger partial charge on any atom is -0.387 e. The summed E-state index contributed by atoms with van der Waals surface area (Å²) in [6.45, 7) is 3.90. The number of rotatable bonds is 3. The normalized spacial score (nSPS) is 15.9. The topological polar surface area (TPSA) is 93.4 Å². The van der Waals surface area contributed by atoms with E-state index >= 15 is 0 Å². The number of carbonyl (C=O) groups excluding carboxylic acids is 1. The van der Waals surface area contributed by atoms with Crippen molar-refractivity contribution >= 4 is 32.7 Å². The molecule has 27 heavy (non-hydrogen) atoms. The molecule has 8 nitrogen and oxygen atoms in total. The Labute approximate surface area is 163 Å². The summed E-state index contributed by atoms with van der Waals surface area (Å²) in [5, 5.41) is 15.3. The van der Waals surface area contributed by atoms with Crippen molar-refractivity contribution in [3.8, 4) is 5.95 Å². The first kappa shape index (κ1) is 18.0. The zero-order valence-corrected chi connectivity index (χ0v) is 16.3. The van der Waals surface area contributed by atoms with E-state index in [9.17, 15) is 9.90 Å². The number of carbonyl (C=O) groups is 1. The van der Waals surface area contributed by atoms with Gasteiger partial charge < -0.3 is 14.7 Å². The first-order chi connectivity index (χ1) is 13.0. The highest BCUT2D eigenvalue weighted by Crippen LogP contribution is 2.27. The highest BCUT2D eigenvalue weighted by Gasteiger charge is 2.22. The van der Waals surface area contributed by atoms with E-state index in [1.165, 1.54) is 0 Å². The summed E-state index contributed by atoms with van der Waals surface area (Å²) < 4.78 is 7.62. The molecule has 1 unspecified atom stereocenters. The van der Waals surface area contributed by atoms with Crippen LogP contribution in [0.4, 0.5) is 0 Å². The van der Waals surface area contributed by atoms with E-state index in [0.717, 1.165) is 9.86 Å². The molecule has 0 spiro atoms. The average molecular weight is 432 g/mol. The maximum Gasteiger partial charge on any atom is 0.254 e. The van der Waals surface area contributed by atoms with Gasteiger partial charge in [0.1, 0.15) is 0 Å². The molecule has 1 amide bonds. The Balaban J connectivity index is 1.82. The molecule has 0 saturated carbocycles. The summed E-state index contributed by atoms with van der Waals surface area (Å²) in [6, 6.07) is 5.35. The van der Waals surface area contributed by atoms with E-state index in [2.05, 4.69) is 31.0 Å². The van der Waals surface area contributed by atoms with Gasteiger partial charge in [-0.15, -0.1) is 0 Å². The van der Waals surface area contributed by atoms with Crippen LogP contribution in [0.3, 0.4) is 0 Å². The maximum atomic E-state index is 12.8. The Kier molecular flexibility index (Phi) is 4.90. The van der Waals surface area contributed by atoms with Crippen molar-refractivity contribution in [2.24, 2.45) is 0 Å². The van der Waals surface area contributed by atoms with Crippen molar-refractivity contribution in [1.29, 1.82) is 0 Å². The highest BCUT2D eigenvalue weighted by atomic mass is 79.9. The second kappa shape index (κ2) is 7.34. The van der Waals surface area contributed by atoms with Crippen LogP contribution < -0.4 is 0 Å². The third-order valence-corrected chi connectivity index (χ3v) is 4.86. The predicted octanol–water partition coefficient (Wildman–Crippen LogP) is 2.10. The lowest BCUT2D eigenvalue weighted by Crippen LogP contribution is -2.40. The summed E-state index contributed by atoms with van der Waals surface area (Å²) in [6.07, 6.45) is 2.49. The number of aromatic nitrogens is 4. The van der Waals surface area contributed by atoms with Crippen LogP contribution in [0.5, 0.6) is 0 Å². The fourth-order valence-electron chi connectivity index (χ4n) is 3.10. The van der Waals surface area contributed by atoms with Gasteiger partial charge in [-0.1, -0.05) is 6.07 Å². The lowest BCUT2D eigenvalue weighted by atomic mass is 10.1. The fraction of sp³-hybridized carbons (Fsp3) is 0.333. The number of ether oxygens (including phenoxy) is 1. The van der Waals surface area contributed by atoms with Gasteiger partial charge in [0.2, 0.25) is 0 Å². The van der Waals surface area contributed by atoms with Crippen molar-refractivity contribution in [2.45, 2.75) is 13.0 Å². The van der Waals surface area contributed by atoms with Crippen LogP contribution in [0.1, 0.15) is 29.1 Å². The number of morpholine rings is 1. The largest absolute Gasteiger partial charge is 0.387 e. The molecule has 4 rings (SSSR count). The molecule has 1 saturated heterocycles. The standard InChI is InChI=1S/C18H18BrN5O3/c1-11(25)16-14-3-2-12(17(26)23-4-6-27-7-5-23)8-15(14)24(22-16)18-20-9-13(19)10-21-18/h2-3,8-11,25H,4-7H2,1H3. The zero-order chi connectivity index (χ0) is 19.0. The molecule has 140 valence electrons. The molecular formula is C18H18BrN5O3. The SMILES string of the molecule is CC(O)c1nn(-c2ncc(Br)cn2)c2cc(C(=O)N3CCOCC3)ccc12. The maximum absolute atomic E-state index is 12.8. The highest BCUT2D eigenvalue weighted by molar-refractivity contribution is 9.10. The van der Waals surface area contributed by atoms with Crippen LogP contribution in [0.15, 0.2) is 35.1 Å². The summed E-state index contributed by atoms with van der Waals surface area (Å²) in [4.78, 5) is 23.2. The molecule has 1 N–H and O–H groups in total. The van der Waals surface area contributed by atoms with E-state index in [1.807, 2.05) is 6.07 Å². The molecule has 0 aliphatic carbocycles. The second-order valence-electron chi connectivity index (χ2n) is 6.31. The Morgan fingerprint density at radius 3 is 2.63 bits per heavy atom. The molecular weight excluding hydrogens is 414 g/mol. The fourth-order valence-corrected chi connectivity index (χ4v) is 3.30. The van der Waals surface area contributed by atoms with Crippen LogP contribution in [-0.2, 0) is 4.74 Å². The molecule has 0 bridgehead atoms. The molecule has 1 fully saturated rings. The minimum atomic E-state index is -0.759. The molecule has 3 aromatic rings. The number of hydrogen-bond acceptors (Lipinski definition) is 6. The van der Waals surface area contributed by atoms with Crippen LogP contribution in [-0.4, -0.2) is 62.0 Å². The van der Waals surface area contributed by atoms with E-state index in [-0.39, 0.29) is 5.91 Å². The van der Waals surface area contributed by atoms with Gasteiger partial charge in [0, 0.05) is 36.4 Å². The predicted molar refractivity (Wildman–Crippen MR) is 102 cm³/mol. The third-order valence-electron chi connectivity index (χ3n) is 4.45. The van der Waals surface area contributed by atoms with Gasteiger partial charge in [-0.05, 0) is 35.0 Å². The summed E-state index contributed by atoms with van der Waals surface area (Å²) >= 11 is 3.32. The molecule has 1 atom stereocenters. The number of halogens is 1. The molecule has 1 aliphatic rings. The van der Waals surface area contributed by atoms with Crippen molar-refractivity contribution in [2.75, 3.05) is 26.3 Å². The van der Waals surface area contributed by atoms with Crippen LogP contribution in [0.2, 0.25) is 0 Å². The number of aliphatic hydroxyl groups is 1. The zero-order valence-electron chi connectivity index (χ0n) is 14.7. The van der Waals surface area contributed by atoms with E-state index in [1.54, 1.807) is 41.0 Å². The van der Waals surface area contributed by atoms with Gasteiger partial charge in [0.25, 0.3) is 11.9 Å². The average Bonchev–Trinajstić information content (AvgIpc) is 3.08. The number of nitrogens with zero attached hydrogens (tertiary/aromatic N) is 5. The Morgan fingerprint density at radius 2 is 1.96 bits per heavy atom. The van der Waals surface area contributed by atoms with Gasteiger partial charge in [0.15, 0.2) is 0 Å². The lowest BCUT2D eigenvalue weighted by Gasteiger charge is -2.26. The van der Waals surface area contributed by atoms with Gasteiger partial charge in [-0.2, -0.15) is 9.78 Å². The molecule has 1 aromatic carbocycles. The van der Waals surface area contributed by atoms with E-state index < -0.39 is 6.10 Å².